The highest BCUT2D eigenvalue weighted by atomic mass is 32.2. The Hall–Kier alpha value is -2.97. The molecule has 0 spiro atoms. The predicted octanol–water partition coefficient (Wildman–Crippen LogP) is 5.78. The second kappa shape index (κ2) is 9.49. The molecule has 0 aliphatic carbocycles. The molecule has 4 rings (SSSR count). The summed E-state index contributed by atoms with van der Waals surface area (Å²) in [4.78, 5) is 36.6. The molecule has 170 valence electrons. The van der Waals surface area contributed by atoms with Gasteiger partial charge in [0.05, 0.1) is 22.3 Å². The van der Waals surface area contributed by atoms with Gasteiger partial charge >= 0.3 is 0 Å². The number of thiazole rings is 1. The highest BCUT2D eigenvalue weighted by Gasteiger charge is 2.22. The van der Waals surface area contributed by atoms with E-state index in [1.54, 1.807) is 16.4 Å². The van der Waals surface area contributed by atoms with E-state index in [1.807, 2.05) is 50.4 Å². The van der Waals surface area contributed by atoms with Crippen LogP contribution in [0.25, 0.3) is 10.9 Å². The summed E-state index contributed by atoms with van der Waals surface area (Å²) in [5.41, 5.74) is 5.65. The zero-order chi connectivity index (χ0) is 23.7. The first-order valence-electron chi connectivity index (χ1n) is 10.8. The number of anilines is 2. The van der Waals surface area contributed by atoms with Gasteiger partial charge in [0, 0.05) is 24.6 Å². The number of aromatic nitrogens is 3. The molecule has 0 bridgehead atoms. The fourth-order valence-corrected chi connectivity index (χ4v) is 5.99. The average molecular weight is 479 g/mol. The Balaban J connectivity index is 1.63. The van der Waals surface area contributed by atoms with E-state index in [0.29, 0.717) is 33.5 Å². The second-order valence-electron chi connectivity index (χ2n) is 7.97. The zero-order valence-electron chi connectivity index (χ0n) is 19.4. The quantitative estimate of drug-likeness (QED) is 0.260. The summed E-state index contributed by atoms with van der Waals surface area (Å²) in [6.07, 6.45) is 0. The van der Waals surface area contributed by atoms with E-state index in [2.05, 4.69) is 19.1 Å². The lowest BCUT2D eigenvalue weighted by molar-refractivity contribution is -0.115. The molecule has 0 saturated heterocycles. The molecular weight excluding hydrogens is 452 g/mol. The molecule has 0 unspecified atom stereocenters. The lowest BCUT2D eigenvalue weighted by atomic mass is 10.0. The molecule has 0 aliphatic heterocycles. The molecule has 2 aromatic carbocycles. The third kappa shape index (κ3) is 4.58. The Labute approximate surface area is 201 Å². The number of thioether (sulfide) groups is 1. The van der Waals surface area contributed by atoms with Crippen LogP contribution in [0.2, 0.25) is 0 Å². The molecule has 2 aromatic heterocycles. The van der Waals surface area contributed by atoms with Crippen molar-refractivity contribution >= 4 is 50.7 Å². The molecule has 0 aliphatic rings. The van der Waals surface area contributed by atoms with Gasteiger partial charge in [-0.05, 0) is 51.0 Å². The van der Waals surface area contributed by atoms with E-state index in [9.17, 15) is 9.59 Å². The van der Waals surface area contributed by atoms with Gasteiger partial charge in [-0.15, -0.1) is 11.3 Å². The van der Waals surface area contributed by atoms with Crippen molar-refractivity contribution in [2.75, 3.05) is 4.90 Å². The number of aryl methyl sites for hydroxylation is 3. The number of hydrogen-bond acceptors (Lipinski definition) is 6. The Morgan fingerprint density at radius 2 is 1.82 bits per heavy atom. The summed E-state index contributed by atoms with van der Waals surface area (Å²) in [7, 11) is 0. The first kappa shape index (κ1) is 23.2. The minimum atomic E-state index is -0.0744. The van der Waals surface area contributed by atoms with Crippen LogP contribution < -0.4 is 10.5 Å². The van der Waals surface area contributed by atoms with Crippen LogP contribution in [0.1, 0.15) is 36.2 Å². The summed E-state index contributed by atoms with van der Waals surface area (Å²) in [5.74, 6) is 0.480. The largest absolute Gasteiger partial charge is 0.287 e. The van der Waals surface area contributed by atoms with E-state index in [4.69, 9.17) is 9.97 Å². The number of hydrogen-bond donors (Lipinski definition) is 0. The number of nitrogens with zero attached hydrogens (tertiary/aromatic N) is 4. The van der Waals surface area contributed by atoms with Crippen molar-refractivity contribution in [1.29, 1.82) is 0 Å². The first-order valence-corrected chi connectivity index (χ1v) is 12.6. The molecule has 0 fully saturated rings. The van der Waals surface area contributed by atoms with Crippen LogP contribution in [0.4, 0.5) is 10.8 Å². The molecule has 1 amide bonds. The third-order valence-corrected chi connectivity index (χ3v) is 7.28. The van der Waals surface area contributed by atoms with E-state index in [1.165, 1.54) is 28.7 Å². The lowest BCUT2D eigenvalue weighted by Crippen LogP contribution is -2.24. The van der Waals surface area contributed by atoms with Gasteiger partial charge in [-0.25, -0.2) is 9.97 Å². The molecule has 0 radical (unpaired) electrons. The van der Waals surface area contributed by atoms with Crippen molar-refractivity contribution in [2.45, 2.75) is 52.1 Å². The average Bonchev–Trinajstić information content (AvgIpc) is 3.23. The summed E-state index contributed by atoms with van der Waals surface area (Å²) >= 11 is 2.93. The second-order valence-corrected chi connectivity index (χ2v) is 9.75. The van der Waals surface area contributed by atoms with Crippen molar-refractivity contribution in [3.05, 3.63) is 74.5 Å². The van der Waals surface area contributed by atoms with Crippen molar-refractivity contribution in [1.82, 2.24) is 14.5 Å². The van der Waals surface area contributed by atoms with Crippen LogP contribution >= 0.6 is 23.1 Å². The Bertz CT molecular complexity index is 1380. The minimum absolute atomic E-state index is 0.0300. The predicted molar refractivity (Wildman–Crippen MR) is 137 cm³/mol. The number of benzene rings is 2. The van der Waals surface area contributed by atoms with E-state index >= 15 is 0 Å². The number of carbonyl (C=O) groups is 1. The fourth-order valence-electron chi connectivity index (χ4n) is 4.05. The van der Waals surface area contributed by atoms with Gasteiger partial charge in [0.15, 0.2) is 10.3 Å². The monoisotopic (exact) mass is 478 g/mol. The minimum Gasteiger partial charge on any atom is -0.287 e. The Morgan fingerprint density at radius 3 is 2.48 bits per heavy atom. The number of rotatable bonds is 6. The standard InChI is InChI=1S/C25H26N4O2S2/c1-6-28-23(31)20-9-7-8-10-21(20)27-24(28)32-13-19-14-33-25(26-19)29(18(5)30)22-16(3)11-15(2)12-17(22)4/h7-12,14H,6,13H2,1-5H3. The molecule has 0 atom stereocenters. The third-order valence-electron chi connectivity index (χ3n) is 5.40. The molecule has 0 N–H and O–H groups in total. The van der Waals surface area contributed by atoms with Crippen LogP contribution in [0.5, 0.6) is 0 Å². The van der Waals surface area contributed by atoms with E-state index in [0.717, 1.165) is 22.5 Å². The number of carbonyl (C=O) groups excluding carboxylic acids is 1. The first-order chi connectivity index (χ1) is 15.8. The maximum atomic E-state index is 12.9. The number of amides is 1. The van der Waals surface area contributed by atoms with Gasteiger partial charge in [0.1, 0.15) is 0 Å². The van der Waals surface area contributed by atoms with Crippen LogP contribution in [0.15, 0.2) is 51.7 Å². The van der Waals surface area contributed by atoms with Crippen molar-refractivity contribution < 1.29 is 4.79 Å². The van der Waals surface area contributed by atoms with Crippen LogP contribution in [-0.4, -0.2) is 20.4 Å². The normalized spacial score (nSPS) is 11.2. The van der Waals surface area contributed by atoms with Gasteiger partial charge in [0.2, 0.25) is 5.91 Å². The summed E-state index contributed by atoms with van der Waals surface area (Å²) in [6, 6.07) is 11.6. The van der Waals surface area contributed by atoms with Gasteiger partial charge in [-0.3, -0.25) is 19.1 Å². The lowest BCUT2D eigenvalue weighted by Gasteiger charge is -2.23. The summed E-state index contributed by atoms with van der Waals surface area (Å²) in [6.45, 7) is 10.1. The molecule has 6 nitrogen and oxygen atoms in total. The summed E-state index contributed by atoms with van der Waals surface area (Å²) in [5, 5.41) is 3.91. The highest BCUT2D eigenvalue weighted by Crippen LogP contribution is 2.35. The van der Waals surface area contributed by atoms with Gasteiger partial charge < -0.3 is 0 Å². The molecule has 33 heavy (non-hydrogen) atoms. The molecule has 8 heteroatoms. The fraction of sp³-hybridized carbons (Fsp3) is 0.280. The van der Waals surface area contributed by atoms with E-state index in [-0.39, 0.29) is 11.5 Å². The Kier molecular flexibility index (Phi) is 6.67. The number of para-hydroxylation sites is 1. The molecule has 4 aromatic rings. The van der Waals surface area contributed by atoms with Crippen LogP contribution in [-0.2, 0) is 17.1 Å². The summed E-state index contributed by atoms with van der Waals surface area (Å²) < 4.78 is 1.70. The molecule has 2 heterocycles. The van der Waals surface area contributed by atoms with Gasteiger partial charge in [0.25, 0.3) is 5.56 Å². The topological polar surface area (TPSA) is 68.1 Å². The molecule has 0 saturated carbocycles. The van der Waals surface area contributed by atoms with Crippen LogP contribution in [0.3, 0.4) is 0 Å². The van der Waals surface area contributed by atoms with Gasteiger partial charge in [-0.2, -0.15) is 0 Å². The smallest absolute Gasteiger partial charge is 0.262 e. The van der Waals surface area contributed by atoms with E-state index < -0.39 is 0 Å². The molecular formula is C25H26N4O2S2. The van der Waals surface area contributed by atoms with Crippen molar-refractivity contribution in [2.24, 2.45) is 0 Å². The highest BCUT2D eigenvalue weighted by molar-refractivity contribution is 7.98. The van der Waals surface area contributed by atoms with Crippen LogP contribution in [0, 0.1) is 20.8 Å². The maximum Gasteiger partial charge on any atom is 0.262 e. The van der Waals surface area contributed by atoms with Gasteiger partial charge in [-0.1, -0.05) is 41.6 Å². The zero-order valence-corrected chi connectivity index (χ0v) is 21.0. The SMILES string of the molecule is CCn1c(SCc2csc(N(C(C)=O)c3c(C)cc(C)cc3C)n2)nc2ccccc2c1=O. The van der Waals surface area contributed by atoms with Crippen molar-refractivity contribution in [3.63, 3.8) is 0 Å². The maximum absolute atomic E-state index is 12.9. The van der Waals surface area contributed by atoms with Crippen molar-refractivity contribution in [3.8, 4) is 0 Å². The Morgan fingerprint density at radius 1 is 1.12 bits per heavy atom. The number of fused-ring (bicyclic) bond motifs is 1.